The first-order valence-corrected chi connectivity index (χ1v) is 4.48. The number of ether oxygens (including phenoxy) is 1. The molecule has 0 aromatic heterocycles. The zero-order valence-corrected chi connectivity index (χ0v) is 10.6. The number of hydrogen-bond donors (Lipinski definition) is 3. The molecule has 0 fully saturated rings. The Bertz CT molecular complexity index is 113. The number of aliphatic hydroxyl groups is 3. The summed E-state index contributed by atoms with van der Waals surface area (Å²) >= 11 is 0. The van der Waals surface area contributed by atoms with Crippen molar-refractivity contribution in [3.63, 3.8) is 0 Å². The SMILES string of the molecule is CCOC(CO)N(CCO)CCO.O.[Ti]. The summed E-state index contributed by atoms with van der Waals surface area (Å²) < 4.78 is 5.21. The van der Waals surface area contributed by atoms with Crippen LogP contribution in [-0.4, -0.2) is 71.4 Å². The molecule has 0 spiro atoms. The monoisotopic (exact) mass is 259 g/mol. The summed E-state index contributed by atoms with van der Waals surface area (Å²) in [7, 11) is 0. The Morgan fingerprint density at radius 1 is 1.13 bits per heavy atom. The topological polar surface area (TPSA) is 105 Å². The van der Waals surface area contributed by atoms with Gasteiger partial charge in [-0.3, -0.25) is 4.90 Å². The smallest absolute Gasteiger partial charge is 0.134 e. The molecule has 15 heavy (non-hydrogen) atoms. The fourth-order valence-corrected chi connectivity index (χ4v) is 1.12. The standard InChI is InChI=1S/C8H19NO4.H2O.Ti/c1-2-13-8(7-12)9(3-5-10)4-6-11;;/h8,10-12H,2-7H2,1H3;1H2;. The van der Waals surface area contributed by atoms with Crippen LogP contribution in [0.4, 0.5) is 0 Å². The van der Waals surface area contributed by atoms with Gasteiger partial charge >= 0.3 is 0 Å². The average molecular weight is 259 g/mol. The third kappa shape index (κ3) is 9.41. The second kappa shape index (κ2) is 14.5. The van der Waals surface area contributed by atoms with Crippen molar-refractivity contribution in [3.05, 3.63) is 0 Å². The number of rotatable bonds is 8. The van der Waals surface area contributed by atoms with Gasteiger partial charge in [-0.25, -0.2) is 0 Å². The van der Waals surface area contributed by atoms with Crippen LogP contribution >= 0.6 is 0 Å². The van der Waals surface area contributed by atoms with Crippen LogP contribution in [0.5, 0.6) is 0 Å². The van der Waals surface area contributed by atoms with Crippen LogP contribution in [-0.2, 0) is 26.5 Å². The molecular weight excluding hydrogens is 238 g/mol. The van der Waals surface area contributed by atoms with Crippen LogP contribution in [0.1, 0.15) is 6.92 Å². The van der Waals surface area contributed by atoms with E-state index in [1.807, 2.05) is 6.92 Å². The zero-order chi connectivity index (χ0) is 10.1. The maximum Gasteiger partial charge on any atom is 0.134 e. The van der Waals surface area contributed by atoms with Crippen LogP contribution < -0.4 is 0 Å². The van der Waals surface area contributed by atoms with Crippen molar-refractivity contribution in [2.75, 3.05) is 39.5 Å². The Labute approximate surface area is 105 Å². The predicted molar refractivity (Wildman–Crippen MR) is 51.9 cm³/mol. The largest absolute Gasteiger partial charge is 0.412 e. The first kappa shape index (κ1) is 20.8. The Balaban J connectivity index is -0.000000720. The fourth-order valence-electron chi connectivity index (χ4n) is 1.12. The number of hydrogen-bond acceptors (Lipinski definition) is 5. The van der Waals surface area contributed by atoms with Gasteiger partial charge in [-0.05, 0) is 6.92 Å². The first-order valence-electron chi connectivity index (χ1n) is 4.48. The van der Waals surface area contributed by atoms with Gasteiger partial charge in [0.05, 0.1) is 19.8 Å². The van der Waals surface area contributed by atoms with Gasteiger partial charge in [0.25, 0.3) is 0 Å². The van der Waals surface area contributed by atoms with Crippen molar-refractivity contribution in [2.24, 2.45) is 0 Å². The fraction of sp³-hybridized carbons (Fsp3) is 1.00. The van der Waals surface area contributed by atoms with Crippen LogP contribution in [0.3, 0.4) is 0 Å². The molecule has 0 aliphatic rings. The van der Waals surface area contributed by atoms with E-state index in [9.17, 15) is 0 Å². The first-order chi connectivity index (χ1) is 6.29. The van der Waals surface area contributed by atoms with Crippen LogP contribution in [0, 0.1) is 0 Å². The molecule has 7 heteroatoms. The van der Waals surface area contributed by atoms with E-state index in [-0.39, 0.29) is 47.0 Å². The van der Waals surface area contributed by atoms with E-state index in [1.165, 1.54) is 0 Å². The normalized spacial score (nSPS) is 11.8. The molecule has 0 heterocycles. The van der Waals surface area contributed by atoms with Gasteiger partial charge < -0.3 is 25.5 Å². The van der Waals surface area contributed by atoms with E-state index in [1.54, 1.807) is 4.90 Å². The summed E-state index contributed by atoms with van der Waals surface area (Å²) in [6, 6.07) is 0. The summed E-state index contributed by atoms with van der Waals surface area (Å²) in [5.74, 6) is 0. The van der Waals surface area contributed by atoms with E-state index in [0.717, 1.165) is 0 Å². The molecule has 0 aliphatic heterocycles. The van der Waals surface area contributed by atoms with Crippen molar-refractivity contribution in [1.29, 1.82) is 0 Å². The summed E-state index contributed by atoms with van der Waals surface area (Å²) in [6.45, 7) is 2.97. The second-order valence-corrected chi connectivity index (χ2v) is 2.58. The molecule has 0 aromatic rings. The van der Waals surface area contributed by atoms with Gasteiger partial charge in [-0.15, -0.1) is 0 Å². The molecule has 0 rings (SSSR count). The van der Waals surface area contributed by atoms with Crippen molar-refractivity contribution < 1.29 is 47.3 Å². The maximum atomic E-state index is 8.95. The van der Waals surface area contributed by atoms with Gasteiger partial charge in [0.1, 0.15) is 6.23 Å². The van der Waals surface area contributed by atoms with Crippen molar-refractivity contribution in [3.8, 4) is 0 Å². The van der Waals surface area contributed by atoms with Gasteiger partial charge in [0, 0.05) is 41.4 Å². The van der Waals surface area contributed by atoms with E-state index in [4.69, 9.17) is 20.1 Å². The number of aliphatic hydroxyl groups excluding tert-OH is 3. The molecule has 0 saturated heterocycles. The predicted octanol–water partition coefficient (Wildman–Crippen LogP) is -2.20. The van der Waals surface area contributed by atoms with E-state index in [2.05, 4.69) is 0 Å². The molecule has 0 bridgehead atoms. The molecule has 0 aromatic carbocycles. The minimum Gasteiger partial charge on any atom is -0.412 e. The Morgan fingerprint density at radius 3 is 1.87 bits per heavy atom. The van der Waals surface area contributed by atoms with Crippen molar-refractivity contribution >= 4 is 0 Å². The molecule has 1 unspecified atom stereocenters. The minimum absolute atomic E-state index is 0. The quantitative estimate of drug-likeness (QED) is 0.339. The summed E-state index contributed by atoms with van der Waals surface area (Å²) in [5.41, 5.74) is 0. The maximum absolute atomic E-state index is 8.95. The molecule has 1 atom stereocenters. The van der Waals surface area contributed by atoms with Crippen LogP contribution in [0.25, 0.3) is 0 Å². The van der Waals surface area contributed by atoms with Gasteiger partial charge in [-0.2, -0.15) is 0 Å². The average Bonchev–Trinajstić information content (AvgIpc) is 2.14. The van der Waals surface area contributed by atoms with Crippen LogP contribution in [0.15, 0.2) is 0 Å². The van der Waals surface area contributed by atoms with Crippen LogP contribution in [0.2, 0.25) is 0 Å². The Morgan fingerprint density at radius 2 is 1.60 bits per heavy atom. The minimum atomic E-state index is -0.427. The Kier molecular flexibility index (Phi) is 20.1. The molecular formula is C8H21NO5Ti. The Hall–Kier alpha value is 0.474. The molecule has 0 radical (unpaired) electrons. The number of nitrogens with zero attached hydrogens (tertiary/aromatic N) is 1. The third-order valence-corrected chi connectivity index (χ3v) is 1.70. The summed E-state index contributed by atoms with van der Waals surface area (Å²) in [6.07, 6.45) is -0.427. The third-order valence-electron chi connectivity index (χ3n) is 1.70. The molecule has 0 amide bonds. The van der Waals surface area contributed by atoms with E-state index >= 15 is 0 Å². The van der Waals surface area contributed by atoms with Crippen molar-refractivity contribution in [1.82, 2.24) is 4.90 Å². The second-order valence-electron chi connectivity index (χ2n) is 2.58. The zero-order valence-electron chi connectivity index (χ0n) is 9.02. The van der Waals surface area contributed by atoms with Gasteiger partial charge in [-0.1, -0.05) is 0 Å². The van der Waals surface area contributed by atoms with E-state index < -0.39 is 6.23 Å². The molecule has 5 N–H and O–H groups in total. The summed E-state index contributed by atoms with van der Waals surface area (Å²) in [4.78, 5) is 1.70. The van der Waals surface area contributed by atoms with Crippen molar-refractivity contribution in [2.45, 2.75) is 13.2 Å². The molecule has 0 saturated carbocycles. The molecule has 6 nitrogen and oxygen atoms in total. The molecule has 92 valence electrons. The van der Waals surface area contributed by atoms with E-state index in [0.29, 0.717) is 19.7 Å². The van der Waals surface area contributed by atoms with Gasteiger partial charge in [0.15, 0.2) is 0 Å². The van der Waals surface area contributed by atoms with Gasteiger partial charge in [0.2, 0.25) is 0 Å². The molecule has 0 aliphatic carbocycles. The summed E-state index contributed by atoms with van der Waals surface area (Å²) in [5, 5.41) is 26.4.